The molecule has 0 rings (SSSR count). The van der Waals surface area contributed by atoms with Crippen LogP contribution >= 0.6 is 0 Å². The average molecular weight is 314 g/mol. The molecule has 0 radical (unpaired) electrons. The highest BCUT2D eigenvalue weighted by Gasteiger charge is 2.42. The number of carbonyl (C=O) groups is 2. The molecule has 0 spiro atoms. The molecule has 0 aliphatic carbocycles. The van der Waals surface area contributed by atoms with Crippen molar-refractivity contribution < 1.29 is 55.5 Å². The van der Waals surface area contributed by atoms with E-state index in [0.717, 1.165) is 0 Å². The smallest absolute Gasteiger partial charge is 0.335 e. The van der Waals surface area contributed by atoms with Gasteiger partial charge in [0.05, 0.1) is 0 Å². The SMILES string of the molecule is O=C[C@H](O)[C@@H](O)[C@@H](O)[C@H](O)[C@H](O)[C@@H](O)[C@H](O)[C@H](O)C(=O)O. The number of carboxylic acid groups (broad SMARTS) is 1. The summed E-state index contributed by atoms with van der Waals surface area (Å²) in [6.07, 6.45) is -18.8. The molecular weight excluding hydrogens is 296 g/mol. The van der Waals surface area contributed by atoms with Crippen LogP contribution in [0.25, 0.3) is 0 Å². The van der Waals surface area contributed by atoms with Crippen molar-refractivity contribution in [1.29, 1.82) is 0 Å². The van der Waals surface area contributed by atoms with Crippen LogP contribution in [0.1, 0.15) is 0 Å². The maximum Gasteiger partial charge on any atom is 0.335 e. The quantitative estimate of drug-likeness (QED) is 0.182. The van der Waals surface area contributed by atoms with E-state index in [4.69, 9.17) is 15.3 Å². The maximum absolute atomic E-state index is 10.4. The molecular formula is C10H18O11. The van der Waals surface area contributed by atoms with Crippen LogP contribution in [0.15, 0.2) is 0 Å². The number of rotatable bonds is 9. The summed E-state index contributed by atoms with van der Waals surface area (Å²) in [5.74, 6) is -1.92. The Bertz CT molecular complexity index is 348. The van der Waals surface area contributed by atoms with E-state index in [-0.39, 0.29) is 6.29 Å². The fourth-order valence-electron chi connectivity index (χ4n) is 1.42. The van der Waals surface area contributed by atoms with Crippen molar-refractivity contribution in [2.45, 2.75) is 48.8 Å². The second kappa shape index (κ2) is 8.31. The number of aliphatic carboxylic acids is 1. The highest BCUT2D eigenvalue weighted by molar-refractivity contribution is 5.72. The molecule has 11 nitrogen and oxygen atoms in total. The second-order valence-electron chi connectivity index (χ2n) is 4.35. The second-order valence-corrected chi connectivity index (χ2v) is 4.35. The van der Waals surface area contributed by atoms with Crippen molar-refractivity contribution in [2.24, 2.45) is 0 Å². The predicted octanol–water partition coefficient (Wildman–Crippen LogP) is -5.84. The molecule has 0 aromatic rings. The first-order chi connectivity index (χ1) is 9.56. The Kier molecular flexibility index (Phi) is 7.84. The van der Waals surface area contributed by atoms with Crippen molar-refractivity contribution in [3.8, 4) is 0 Å². The number of carbonyl (C=O) groups excluding carboxylic acids is 1. The lowest BCUT2D eigenvalue weighted by molar-refractivity contribution is -0.184. The fraction of sp³-hybridized carbons (Fsp3) is 0.800. The summed E-state index contributed by atoms with van der Waals surface area (Å²) in [6, 6.07) is 0. The predicted molar refractivity (Wildman–Crippen MR) is 61.8 cm³/mol. The highest BCUT2D eigenvalue weighted by atomic mass is 16.4. The van der Waals surface area contributed by atoms with Crippen molar-refractivity contribution >= 4 is 12.3 Å². The van der Waals surface area contributed by atoms with Gasteiger partial charge < -0.3 is 50.8 Å². The van der Waals surface area contributed by atoms with Gasteiger partial charge in [-0.15, -0.1) is 0 Å². The Morgan fingerprint density at radius 1 is 0.667 bits per heavy atom. The van der Waals surface area contributed by atoms with Gasteiger partial charge in [-0.1, -0.05) is 0 Å². The van der Waals surface area contributed by atoms with Crippen LogP contribution in [0.2, 0.25) is 0 Å². The molecule has 0 saturated heterocycles. The van der Waals surface area contributed by atoms with Crippen molar-refractivity contribution in [3.05, 3.63) is 0 Å². The Balaban J connectivity index is 4.86. The van der Waals surface area contributed by atoms with Crippen molar-refractivity contribution in [2.75, 3.05) is 0 Å². The standard InChI is InChI=1S/C10H18O11/c11-1-2(12)3(13)4(14)5(15)6(16)7(17)8(18)9(19)10(20)21/h1-9,12-19H,(H,20,21)/t2-,3+,4+,5-,6-,7+,8-,9-/m0/s1. The topological polar surface area (TPSA) is 216 Å². The first kappa shape index (κ1) is 19.8. The van der Waals surface area contributed by atoms with Crippen LogP contribution in [0, 0.1) is 0 Å². The van der Waals surface area contributed by atoms with E-state index in [9.17, 15) is 40.2 Å². The van der Waals surface area contributed by atoms with E-state index in [1.165, 1.54) is 0 Å². The average Bonchev–Trinajstić information content (AvgIpc) is 2.48. The molecule has 21 heavy (non-hydrogen) atoms. The molecule has 11 heteroatoms. The van der Waals surface area contributed by atoms with E-state index in [1.54, 1.807) is 0 Å². The molecule has 0 amide bonds. The van der Waals surface area contributed by atoms with Crippen LogP contribution in [-0.2, 0) is 9.59 Å². The molecule has 0 saturated carbocycles. The van der Waals surface area contributed by atoms with E-state index < -0.39 is 54.8 Å². The summed E-state index contributed by atoms with van der Waals surface area (Å²) < 4.78 is 0. The largest absolute Gasteiger partial charge is 0.479 e. The van der Waals surface area contributed by atoms with Crippen LogP contribution in [0.4, 0.5) is 0 Å². The molecule has 0 aromatic heterocycles. The number of aldehydes is 1. The van der Waals surface area contributed by atoms with Crippen molar-refractivity contribution in [3.63, 3.8) is 0 Å². The van der Waals surface area contributed by atoms with Crippen LogP contribution in [-0.4, -0.2) is 107 Å². The van der Waals surface area contributed by atoms with Gasteiger partial charge in [0.2, 0.25) is 0 Å². The summed E-state index contributed by atoms with van der Waals surface area (Å²) in [5.41, 5.74) is 0. The van der Waals surface area contributed by atoms with Crippen LogP contribution < -0.4 is 0 Å². The summed E-state index contributed by atoms with van der Waals surface area (Å²) >= 11 is 0. The van der Waals surface area contributed by atoms with E-state index >= 15 is 0 Å². The van der Waals surface area contributed by atoms with Gasteiger partial charge >= 0.3 is 5.97 Å². The zero-order valence-electron chi connectivity index (χ0n) is 10.5. The number of hydrogen-bond acceptors (Lipinski definition) is 10. The van der Waals surface area contributed by atoms with Gasteiger partial charge in [0.25, 0.3) is 0 Å². The first-order valence-electron chi connectivity index (χ1n) is 5.68. The van der Waals surface area contributed by atoms with Gasteiger partial charge in [0, 0.05) is 0 Å². The normalized spacial score (nSPS) is 23.2. The third kappa shape index (κ3) is 4.94. The molecule has 0 aliphatic heterocycles. The van der Waals surface area contributed by atoms with Crippen LogP contribution in [0.5, 0.6) is 0 Å². The Morgan fingerprint density at radius 2 is 1.00 bits per heavy atom. The lowest BCUT2D eigenvalue weighted by atomic mass is 9.93. The molecule has 0 bridgehead atoms. The van der Waals surface area contributed by atoms with Gasteiger partial charge in [-0.05, 0) is 0 Å². The summed E-state index contributed by atoms with van der Waals surface area (Å²) in [4.78, 5) is 20.6. The number of aliphatic hydroxyl groups excluding tert-OH is 8. The molecule has 124 valence electrons. The lowest BCUT2D eigenvalue weighted by Crippen LogP contribution is -2.57. The number of aliphatic hydroxyl groups is 8. The molecule has 0 heterocycles. The number of hydrogen-bond donors (Lipinski definition) is 9. The zero-order valence-corrected chi connectivity index (χ0v) is 10.5. The minimum Gasteiger partial charge on any atom is -0.479 e. The molecule has 8 atom stereocenters. The highest BCUT2D eigenvalue weighted by Crippen LogP contribution is 2.14. The fourth-order valence-corrected chi connectivity index (χ4v) is 1.42. The molecule has 0 unspecified atom stereocenters. The Labute approximate surface area is 117 Å². The van der Waals surface area contributed by atoms with Gasteiger partial charge in [0.1, 0.15) is 42.7 Å². The summed E-state index contributed by atoms with van der Waals surface area (Å²) in [6.45, 7) is 0. The van der Waals surface area contributed by atoms with E-state index in [1.807, 2.05) is 0 Å². The first-order valence-corrected chi connectivity index (χ1v) is 5.68. The maximum atomic E-state index is 10.4. The monoisotopic (exact) mass is 314 g/mol. The summed E-state index contributed by atoms with van der Waals surface area (Å²) in [7, 11) is 0. The van der Waals surface area contributed by atoms with E-state index in [0.29, 0.717) is 0 Å². The van der Waals surface area contributed by atoms with Crippen molar-refractivity contribution in [1.82, 2.24) is 0 Å². The van der Waals surface area contributed by atoms with E-state index in [2.05, 4.69) is 0 Å². The molecule has 0 fully saturated rings. The minimum absolute atomic E-state index is 0.160. The van der Waals surface area contributed by atoms with Gasteiger partial charge in [0.15, 0.2) is 12.4 Å². The third-order valence-electron chi connectivity index (χ3n) is 2.82. The summed E-state index contributed by atoms with van der Waals surface area (Å²) in [5, 5.41) is 82.5. The Hall–Kier alpha value is -1.18. The lowest BCUT2D eigenvalue weighted by Gasteiger charge is -2.32. The molecule has 0 aromatic carbocycles. The van der Waals surface area contributed by atoms with Crippen LogP contribution in [0.3, 0.4) is 0 Å². The van der Waals surface area contributed by atoms with Gasteiger partial charge in [-0.3, -0.25) is 0 Å². The third-order valence-corrected chi connectivity index (χ3v) is 2.82. The minimum atomic E-state index is -2.48. The Morgan fingerprint density at radius 3 is 1.33 bits per heavy atom. The molecule has 0 aliphatic rings. The number of carboxylic acids is 1. The van der Waals surface area contributed by atoms with Gasteiger partial charge in [-0.2, -0.15) is 0 Å². The molecule has 9 N–H and O–H groups in total. The van der Waals surface area contributed by atoms with Gasteiger partial charge in [-0.25, -0.2) is 4.79 Å². The zero-order chi connectivity index (χ0) is 16.9.